The first-order valence-electron chi connectivity index (χ1n) is 5.68. The Balaban J connectivity index is 2.30. The van der Waals surface area contributed by atoms with Crippen molar-refractivity contribution in [1.82, 2.24) is 9.97 Å². The van der Waals surface area contributed by atoms with Crippen molar-refractivity contribution < 1.29 is 0 Å². The van der Waals surface area contributed by atoms with E-state index < -0.39 is 0 Å². The monoisotopic (exact) mass is 215 g/mol. The second-order valence-electron chi connectivity index (χ2n) is 4.21. The lowest BCUT2D eigenvalue weighted by Crippen LogP contribution is -2.11. The highest BCUT2D eigenvalue weighted by Crippen LogP contribution is 2.21. The second kappa shape index (κ2) is 4.47. The van der Waals surface area contributed by atoms with Gasteiger partial charge in [0.2, 0.25) is 0 Å². The predicted octanol–water partition coefficient (Wildman–Crippen LogP) is 3.17. The third-order valence-corrected chi connectivity index (χ3v) is 3.11. The fraction of sp³-hybridized carbons (Fsp3) is 0.385. The summed E-state index contributed by atoms with van der Waals surface area (Å²) in [5.41, 5.74) is 2.97. The van der Waals surface area contributed by atoms with Gasteiger partial charge in [-0.05, 0) is 37.5 Å². The molecule has 0 unspecified atom stereocenters. The Hall–Kier alpha value is -1.64. The number of aromatic nitrogens is 2. The van der Waals surface area contributed by atoms with E-state index in [-0.39, 0.29) is 0 Å². The van der Waals surface area contributed by atoms with Crippen LogP contribution in [0.15, 0.2) is 24.5 Å². The van der Waals surface area contributed by atoms with Gasteiger partial charge in [-0.15, -0.1) is 0 Å². The third kappa shape index (κ3) is 1.98. The molecular formula is C13H17N3. The van der Waals surface area contributed by atoms with Crippen molar-refractivity contribution in [1.29, 1.82) is 5.41 Å². The molecule has 2 aromatic heterocycles. The molecule has 2 heterocycles. The van der Waals surface area contributed by atoms with E-state index in [4.69, 9.17) is 5.41 Å². The Morgan fingerprint density at radius 2 is 2.38 bits per heavy atom. The second-order valence-corrected chi connectivity index (χ2v) is 4.21. The number of nitrogens with one attached hydrogen (secondary N) is 2. The Morgan fingerprint density at radius 3 is 3.06 bits per heavy atom. The summed E-state index contributed by atoms with van der Waals surface area (Å²) >= 11 is 0. The highest BCUT2D eigenvalue weighted by molar-refractivity contribution is 5.84. The van der Waals surface area contributed by atoms with Gasteiger partial charge in [-0.1, -0.05) is 6.92 Å². The maximum atomic E-state index is 7.74. The summed E-state index contributed by atoms with van der Waals surface area (Å²) in [4.78, 5) is 7.45. The predicted molar refractivity (Wildman–Crippen MR) is 67.0 cm³/mol. The van der Waals surface area contributed by atoms with Gasteiger partial charge in [-0.25, -0.2) is 4.98 Å². The van der Waals surface area contributed by atoms with Crippen LogP contribution in [0.1, 0.15) is 25.8 Å². The zero-order valence-corrected chi connectivity index (χ0v) is 9.75. The van der Waals surface area contributed by atoms with Crippen LogP contribution >= 0.6 is 0 Å². The molecule has 2 rings (SSSR count). The van der Waals surface area contributed by atoms with Crippen LogP contribution in [0, 0.1) is 11.3 Å². The highest BCUT2D eigenvalue weighted by Gasteiger charge is 2.12. The number of fused-ring (bicyclic) bond motifs is 1. The Bertz CT molecular complexity index is 499. The molecule has 3 heteroatoms. The van der Waals surface area contributed by atoms with E-state index in [2.05, 4.69) is 23.0 Å². The summed E-state index contributed by atoms with van der Waals surface area (Å²) in [6.07, 6.45) is 5.75. The molecule has 0 amide bonds. The van der Waals surface area contributed by atoms with Crippen molar-refractivity contribution in [2.45, 2.75) is 26.7 Å². The van der Waals surface area contributed by atoms with Gasteiger partial charge in [0.1, 0.15) is 5.65 Å². The summed E-state index contributed by atoms with van der Waals surface area (Å²) < 4.78 is 0. The van der Waals surface area contributed by atoms with Gasteiger partial charge >= 0.3 is 0 Å². The van der Waals surface area contributed by atoms with Crippen LogP contribution in [-0.2, 0) is 6.42 Å². The van der Waals surface area contributed by atoms with E-state index in [1.54, 1.807) is 6.20 Å². The lowest BCUT2D eigenvalue weighted by atomic mass is 9.93. The first kappa shape index (κ1) is 10.9. The minimum absolute atomic E-state index is 0.346. The van der Waals surface area contributed by atoms with E-state index in [1.807, 2.05) is 19.2 Å². The quantitative estimate of drug-likeness (QED) is 0.756. The Kier molecular flexibility index (Phi) is 3.04. The average Bonchev–Trinajstić information content (AvgIpc) is 2.69. The minimum Gasteiger partial charge on any atom is -0.346 e. The molecule has 1 atom stereocenters. The molecule has 0 aliphatic carbocycles. The highest BCUT2D eigenvalue weighted by atomic mass is 14.8. The summed E-state index contributed by atoms with van der Waals surface area (Å²) in [6.45, 7) is 4.02. The zero-order chi connectivity index (χ0) is 11.5. The molecule has 0 bridgehead atoms. The maximum absolute atomic E-state index is 7.74. The lowest BCUT2D eigenvalue weighted by Gasteiger charge is -2.12. The van der Waals surface area contributed by atoms with E-state index >= 15 is 0 Å². The number of hydrogen-bond donors (Lipinski definition) is 2. The van der Waals surface area contributed by atoms with E-state index in [0.29, 0.717) is 5.92 Å². The number of rotatable bonds is 4. The van der Waals surface area contributed by atoms with E-state index in [0.717, 1.165) is 24.2 Å². The Morgan fingerprint density at radius 1 is 1.56 bits per heavy atom. The molecule has 0 aliphatic rings. The van der Waals surface area contributed by atoms with Crippen LogP contribution in [0.5, 0.6) is 0 Å². The van der Waals surface area contributed by atoms with Gasteiger partial charge in [-0.3, -0.25) is 0 Å². The zero-order valence-electron chi connectivity index (χ0n) is 9.75. The summed E-state index contributed by atoms with van der Waals surface area (Å²) in [5.74, 6) is 0.346. The molecule has 0 aromatic carbocycles. The van der Waals surface area contributed by atoms with Crippen LogP contribution in [-0.4, -0.2) is 15.7 Å². The molecule has 0 radical (unpaired) electrons. The third-order valence-electron chi connectivity index (χ3n) is 3.11. The van der Waals surface area contributed by atoms with Crippen molar-refractivity contribution in [3.63, 3.8) is 0 Å². The lowest BCUT2D eigenvalue weighted by molar-refractivity contribution is 0.658. The van der Waals surface area contributed by atoms with Gasteiger partial charge in [0.15, 0.2) is 0 Å². The Labute approximate surface area is 95.4 Å². The molecule has 3 nitrogen and oxygen atoms in total. The van der Waals surface area contributed by atoms with E-state index in [1.165, 1.54) is 10.9 Å². The van der Waals surface area contributed by atoms with Crippen molar-refractivity contribution in [3.05, 3.63) is 30.1 Å². The number of nitrogens with zero attached hydrogens (tertiary/aromatic N) is 1. The first-order valence-corrected chi connectivity index (χ1v) is 5.68. The molecule has 0 spiro atoms. The molecule has 0 saturated carbocycles. The van der Waals surface area contributed by atoms with Crippen LogP contribution in [0.25, 0.3) is 11.0 Å². The van der Waals surface area contributed by atoms with Gasteiger partial charge in [0.05, 0.1) is 0 Å². The number of hydrogen-bond acceptors (Lipinski definition) is 2. The number of H-pyrrole nitrogens is 1. The number of aromatic amines is 1. The summed E-state index contributed by atoms with van der Waals surface area (Å²) in [6, 6.07) is 4.04. The van der Waals surface area contributed by atoms with Gasteiger partial charge in [-0.2, -0.15) is 0 Å². The number of pyridine rings is 1. The van der Waals surface area contributed by atoms with Crippen molar-refractivity contribution >= 4 is 16.7 Å². The van der Waals surface area contributed by atoms with Gasteiger partial charge in [0.25, 0.3) is 0 Å². The molecule has 0 saturated heterocycles. The van der Waals surface area contributed by atoms with Crippen molar-refractivity contribution in [3.8, 4) is 0 Å². The first-order chi connectivity index (χ1) is 7.72. The van der Waals surface area contributed by atoms with E-state index in [9.17, 15) is 0 Å². The summed E-state index contributed by atoms with van der Waals surface area (Å²) in [7, 11) is 0. The minimum atomic E-state index is 0.346. The molecule has 2 aromatic rings. The standard InChI is InChI=1S/C13H17N3/c1-3-10(9(2)14)7-11-8-16-13-12(11)5-4-6-15-13/h4-6,8,10,14H,3,7H2,1-2H3,(H,15,16)/t10-/m0/s1. The fourth-order valence-electron chi connectivity index (χ4n) is 2.05. The van der Waals surface area contributed by atoms with Crippen LogP contribution < -0.4 is 0 Å². The molecule has 0 fully saturated rings. The largest absolute Gasteiger partial charge is 0.346 e. The SMILES string of the molecule is CC[C@@H](Cc1c[nH]c2ncccc12)C(C)=N. The molecular weight excluding hydrogens is 198 g/mol. The van der Waals surface area contributed by atoms with Crippen LogP contribution in [0.3, 0.4) is 0 Å². The smallest absolute Gasteiger partial charge is 0.137 e. The van der Waals surface area contributed by atoms with Crippen molar-refractivity contribution in [2.75, 3.05) is 0 Å². The fourth-order valence-corrected chi connectivity index (χ4v) is 2.05. The molecule has 2 N–H and O–H groups in total. The summed E-state index contributed by atoms with van der Waals surface area (Å²) in [5, 5.41) is 8.92. The van der Waals surface area contributed by atoms with Crippen LogP contribution in [0.2, 0.25) is 0 Å². The molecule has 0 aliphatic heterocycles. The topological polar surface area (TPSA) is 52.5 Å². The van der Waals surface area contributed by atoms with Crippen molar-refractivity contribution in [2.24, 2.45) is 5.92 Å². The van der Waals surface area contributed by atoms with Gasteiger partial charge in [0, 0.05) is 29.4 Å². The molecule has 16 heavy (non-hydrogen) atoms. The average molecular weight is 215 g/mol. The maximum Gasteiger partial charge on any atom is 0.137 e. The van der Waals surface area contributed by atoms with Crippen LogP contribution in [0.4, 0.5) is 0 Å². The van der Waals surface area contributed by atoms with Gasteiger partial charge < -0.3 is 10.4 Å². The normalized spacial score (nSPS) is 12.9. The molecule has 84 valence electrons.